The minimum absolute atomic E-state index is 0.115. The van der Waals surface area contributed by atoms with E-state index in [1.807, 2.05) is 0 Å². The zero-order chi connectivity index (χ0) is 14.5. The summed E-state index contributed by atoms with van der Waals surface area (Å²) in [5.41, 5.74) is 0.732. The van der Waals surface area contributed by atoms with Crippen molar-refractivity contribution in [3.05, 3.63) is 11.9 Å². The summed E-state index contributed by atoms with van der Waals surface area (Å²) < 4.78 is 1.66. The van der Waals surface area contributed by atoms with Gasteiger partial charge in [0.05, 0.1) is 11.7 Å². The Morgan fingerprint density at radius 3 is 3.05 bits per heavy atom. The normalized spacial score (nSPS) is 19.7. The van der Waals surface area contributed by atoms with Crippen LogP contribution in [-0.2, 0) is 22.7 Å². The van der Waals surface area contributed by atoms with Crippen molar-refractivity contribution < 1.29 is 14.7 Å². The van der Waals surface area contributed by atoms with Gasteiger partial charge >= 0.3 is 0 Å². The van der Waals surface area contributed by atoms with Crippen LogP contribution in [0, 0.1) is 0 Å². The summed E-state index contributed by atoms with van der Waals surface area (Å²) >= 11 is 0. The van der Waals surface area contributed by atoms with Crippen molar-refractivity contribution in [1.29, 1.82) is 0 Å². The molecule has 1 aliphatic rings. The summed E-state index contributed by atoms with van der Waals surface area (Å²) in [6.45, 7) is 1.16. The summed E-state index contributed by atoms with van der Waals surface area (Å²) in [5, 5.41) is 19.8. The molecular weight excluding hydrogens is 262 g/mol. The van der Waals surface area contributed by atoms with Gasteiger partial charge in [-0.2, -0.15) is 0 Å². The van der Waals surface area contributed by atoms with Crippen LogP contribution in [0.3, 0.4) is 0 Å². The van der Waals surface area contributed by atoms with E-state index in [1.165, 1.54) is 11.9 Å². The molecule has 1 fully saturated rings. The minimum atomic E-state index is -0.347. The molecule has 8 nitrogen and oxygen atoms in total. The summed E-state index contributed by atoms with van der Waals surface area (Å²) in [7, 11) is 1.50. The maximum Gasteiger partial charge on any atom is 0.246 e. The van der Waals surface area contributed by atoms with Crippen molar-refractivity contribution in [3.63, 3.8) is 0 Å². The second kappa shape index (κ2) is 6.58. The van der Waals surface area contributed by atoms with E-state index in [0.29, 0.717) is 32.4 Å². The average molecular weight is 281 g/mol. The van der Waals surface area contributed by atoms with Crippen molar-refractivity contribution >= 4 is 11.8 Å². The number of imide groups is 1. The molecule has 0 aromatic carbocycles. The van der Waals surface area contributed by atoms with E-state index in [2.05, 4.69) is 15.6 Å². The molecule has 0 spiro atoms. The highest BCUT2D eigenvalue weighted by atomic mass is 16.3. The maximum atomic E-state index is 11.9. The molecule has 2 rings (SSSR count). The topological polar surface area (TPSA) is 100 Å². The van der Waals surface area contributed by atoms with E-state index in [9.17, 15) is 9.59 Å². The van der Waals surface area contributed by atoms with Gasteiger partial charge in [-0.15, -0.1) is 5.10 Å². The Bertz CT molecular complexity index is 487. The van der Waals surface area contributed by atoms with Crippen LogP contribution in [0.2, 0.25) is 0 Å². The fraction of sp³-hybridized carbons (Fsp3) is 0.667. The minimum Gasteiger partial charge on any atom is -0.396 e. The van der Waals surface area contributed by atoms with Gasteiger partial charge in [0, 0.05) is 39.4 Å². The molecular formula is C12H19N5O3. The molecule has 2 heterocycles. The number of aliphatic hydroxyl groups is 1. The second-order valence-corrected chi connectivity index (χ2v) is 4.81. The molecule has 1 aromatic rings. The smallest absolute Gasteiger partial charge is 0.246 e. The largest absolute Gasteiger partial charge is 0.396 e. The first kappa shape index (κ1) is 14.6. The average Bonchev–Trinajstić information content (AvgIpc) is 2.90. The summed E-state index contributed by atoms with van der Waals surface area (Å²) in [6, 6.07) is -0.347. The monoisotopic (exact) mass is 281 g/mol. The summed E-state index contributed by atoms with van der Waals surface area (Å²) in [6.07, 6.45) is 3.30. The van der Waals surface area contributed by atoms with Crippen LogP contribution in [0.4, 0.5) is 0 Å². The zero-order valence-corrected chi connectivity index (χ0v) is 11.4. The van der Waals surface area contributed by atoms with E-state index >= 15 is 0 Å². The molecule has 1 saturated heterocycles. The number of amides is 2. The Labute approximate surface area is 116 Å². The zero-order valence-electron chi connectivity index (χ0n) is 11.4. The van der Waals surface area contributed by atoms with E-state index in [-0.39, 0.29) is 24.5 Å². The number of aryl methyl sites for hydroxylation is 1. The highest BCUT2D eigenvalue weighted by molar-refractivity contribution is 6.00. The Balaban J connectivity index is 1.84. The number of piperidine rings is 1. The first-order chi connectivity index (χ1) is 9.61. The molecule has 0 aliphatic carbocycles. The molecule has 1 unspecified atom stereocenters. The van der Waals surface area contributed by atoms with Crippen molar-refractivity contribution in [2.24, 2.45) is 0 Å². The third-order valence-electron chi connectivity index (χ3n) is 3.31. The van der Waals surface area contributed by atoms with Crippen LogP contribution in [0.25, 0.3) is 0 Å². The molecule has 1 aromatic heterocycles. The fourth-order valence-electron chi connectivity index (χ4n) is 2.09. The van der Waals surface area contributed by atoms with Gasteiger partial charge in [0.15, 0.2) is 0 Å². The Morgan fingerprint density at radius 1 is 1.50 bits per heavy atom. The predicted octanol–water partition coefficient (Wildman–Crippen LogP) is -1.10. The number of aliphatic hydroxyl groups excluding tert-OH is 1. The van der Waals surface area contributed by atoms with Crippen LogP contribution in [0.1, 0.15) is 25.0 Å². The highest BCUT2D eigenvalue weighted by Gasteiger charge is 2.31. The van der Waals surface area contributed by atoms with E-state index in [4.69, 9.17) is 5.11 Å². The number of hydrogen-bond donors (Lipinski definition) is 2. The van der Waals surface area contributed by atoms with E-state index in [1.54, 1.807) is 10.9 Å². The van der Waals surface area contributed by atoms with Crippen molar-refractivity contribution in [3.8, 4) is 0 Å². The van der Waals surface area contributed by atoms with Gasteiger partial charge in [-0.1, -0.05) is 5.21 Å². The Kier molecular flexibility index (Phi) is 4.80. The molecule has 0 radical (unpaired) electrons. The van der Waals surface area contributed by atoms with Gasteiger partial charge < -0.3 is 10.4 Å². The van der Waals surface area contributed by atoms with Crippen molar-refractivity contribution in [2.45, 2.75) is 38.4 Å². The molecule has 1 atom stereocenters. The number of hydrogen-bond acceptors (Lipinski definition) is 6. The van der Waals surface area contributed by atoms with Crippen LogP contribution >= 0.6 is 0 Å². The number of nitrogens with zero attached hydrogens (tertiary/aromatic N) is 4. The summed E-state index contributed by atoms with van der Waals surface area (Å²) in [5.74, 6) is -0.336. The van der Waals surface area contributed by atoms with Gasteiger partial charge in [0.2, 0.25) is 11.8 Å². The molecule has 0 bridgehead atoms. The van der Waals surface area contributed by atoms with Crippen LogP contribution in [0.5, 0.6) is 0 Å². The Hall–Kier alpha value is -1.80. The lowest BCUT2D eigenvalue weighted by atomic mass is 10.0. The Morgan fingerprint density at radius 2 is 2.30 bits per heavy atom. The molecule has 20 heavy (non-hydrogen) atoms. The van der Waals surface area contributed by atoms with E-state index < -0.39 is 0 Å². The summed E-state index contributed by atoms with van der Waals surface area (Å²) in [4.78, 5) is 24.4. The quantitative estimate of drug-likeness (QED) is 0.642. The molecule has 2 N–H and O–H groups in total. The van der Waals surface area contributed by atoms with Crippen LogP contribution in [-0.4, -0.2) is 56.5 Å². The maximum absolute atomic E-state index is 11.9. The molecule has 110 valence electrons. The van der Waals surface area contributed by atoms with Gasteiger partial charge in [0.25, 0.3) is 0 Å². The highest BCUT2D eigenvalue weighted by Crippen LogP contribution is 2.11. The third-order valence-corrected chi connectivity index (χ3v) is 3.31. The first-order valence-electron chi connectivity index (χ1n) is 6.65. The number of aromatic nitrogens is 3. The number of rotatable bonds is 6. The number of carbonyl (C=O) groups excluding carboxylic acids is 2. The number of likely N-dealkylation sites (tertiary alicyclic amines) is 1. The number of carbonyl (C=O) groups is 2. The molecule has 1 aliphatic heterocycles. The lowest BCUT2D eigenvalue weighted by Crippen LogP contribution is -2.51. The predicted molar refractivity (Wildman–Crippen MR) is 69.4 cm³/mol. The molecule has 8 heteroatoms. The van der Waals surface area contributed by atoms with Crippen LogP contribution in [0.15, 0.2) is 6.20 Å². The fourth-order valence-corrected chi connectivity index (χ4v) is 2.09. The van der Waals surface area contributed by atoms with Crippen molar-refractivity contribution in [2.75, 3.05) is 13.7 Å². The second-order valence-electron chi connectivity index (χ2n) is 4.81. The first-order valence-corrected chi connectivity index (χ1v) is 6.65. The van der Waals surface area contributed by atoms with Crippen molar-refractivity contribution in [1.82, 2.24) is 25.2 Å². The standard InChI is InChI=1S/C12H19N5O3/c1-16-11(19)4-3-10(12(16)20)13-7-9-8-17(15-14-9)5-2-6-18/h8,10,13,18H,2-7H2,1H3. The lowest BCUT2D eigenvalue weighted by Gasteiger charge is -2.27. The third kappa shape index (κ3) is 3.40. The van der Waals surface area contributed by atoms with Gasteiger partial charge in [0.1, 0.15) is 0 Å². The lowest BCUT2D eigenvalue weighted by molar-refractivity contribution is -0.148. The van der Waals surface area contributed by atoms with Gasteiger partial charge in [-0.3, -0.25) is 19.2 Å². The van der Waals surface area contributed by atoms with E-state index in [0.717, 1.165) is 5.69 Å². The number of nitrogens with one attached hydrogen (secondary N) is 1. The number of likely N-dealkylation sites (N-methyl/N-ethyl adjacent to an activating group) is 1. The molecule has 0 saturated carbocycles. The SMILES string of the molecule is CN1C(=O)CCC(NCc2cn(CCCO)nn2)C1=O. The molecule has 2 amide bonds. The van der Waals surface area contributed by atoms with Gasteiger partial charge in [-0.05, 0) is 12.8 Å². The van der Waals surface area contributed by atoms with Gasteiger partial charge in [-0.25, -0.2) is 0 Å². The van der Waals surface area contributed by atoms with Crippen LogP contribution < -0.4 is 5.32 Å².